The van der Waals surface area contributed by atoms with Gasteiger partial charge in [-0.2, -0.15) is 0 Å². The van der Waals surface area contributed by atoms with Crippen molar-refractivity contribution in [2.75, 3.05) is 17.1 Å². The Bertz CT molecular complexity index is 417. The molecule has 6 heteroatoms. The van der Waals surface area contributed by atoms with Crippen molar-refractivity contribution in [2.45, 2.75) is 13.3 Å². The van der Waals surface area contributed by atoms with Crippen LogP contribution in [0.1, 0.15) is 12.1 Å². The van der Waals surface area contributed by atoms with E-state index in [-0.39, 0.29) is 18.8 Å². The maximum Gasteiger partial charge on any atom is 0.232 e. The van der Waals surface area contributed by atoms with Crippen LogP contribution in [0.25, 0.3) is 0 Å². The predicted molar refractivity (Wildman–Crippen MR) is 58.1 cm³/mol. The average molecular weight is 230 g/mol. The Morgan fingerprint density at radius 1 is 1.53 bits per heavy atom. The van der Waals surface area contributed by atoms with Gasteiger partial charge in [0.2, 0.25) is 10.0 Å². The normalized spacial score (nSPS) is 11.3. The molecule has 0 aliphatic rings. The van der Waals surface area contributed by atoms with Crippen LogP contribution in [-0.4, -0.2) is 30.9 Å². The quantitative estimate of drug-likeness (QED) is 0.772. The van der Waals surface area contributed by atoms with E-state index in [1.165, 1.54) is 0 Å². The number of aliphatic hydroxyl groups is 1. The van der Waals surface area contributed by atoms with E-state index in [9.17, 15) is 8.42 Å². The number of nitrogens with zero attached hydrogens (tertiary/aromatic N) is 1. The van der Waals surface area contributed by atoms with Gasteiger partial charge in [-0.25, -0.2) is 8.42 Å². The molecule has 1 aromatic rings. The second-order valence-corrected chi connectivity index (χ2v) is 4.98. The molecule has 0 saturated heterocycles. The fourth-order valence-corrected chi connectivity index (χ4v) is 2.23. The van der Waals surface area contributed by atoms with Crippen molar-refractivity contribution in [2.24, 2.45) is 0 Å². The third kappa shape index (κ3) is 3.85. The van der Waals surface area contributed by atoms with E-state index >= 15 is 0 Å². The number of hydrogen-bond acceptors (Lipinski definition) is 4. The number of pyridine rings is 1. The smallest absolute Gasteiger partial charge is 0.232 e. The topological polar surface area (TPSA) is 79.3 Å². The van der Waals surface area contributed by atoms with Gasteiger partial charge in [0.25, 0.3) is 0 Å². The van der Waals surface area contributed by atoms with E-state index < -0.39 is 10.0 Å². The number of hydrogen-bond donors (Lipinski definition) is 2. The molecule has 0 spiro atoms. The summed E-state index contributed by atoms with van der Waals surface area (Å²) in [4.78, 5) is 3.97. The summed E-state index contributed by atoms with van der Waals surface area (Å²) in [5.74, 6) is -0.0855. The van der Waals surface area contributed by atoms with Gasteiger partial charge in [-0.1, -0.05) is 0 Å². The molecule has 1 heterocycles. The van der Waals surface area contributed by atoms with Gasteiger partial charge in [0, 0.05) is 12.8 Å². The largest absolute Gasteiger partial charge is 0.396 e. The maximum atomic E-state index is 11.5. The summed E-state index contributed by atoms with van der Waals surface area (Å²) in [6.07, 6.45) is 1.83. The third-order valence-corrected chi connectivity index (χ3v) is 3.20. The first-order valence-corrected chi connectivity index (χ1v) is 6.23. The summed E-state index contributed by atoms with van der Waals surface area (Å²) in [6.45, 7) is 1.59. The van der Waals surface area contributed by atoms with Crippen molar-refractivity contribution in [3.05, 3.63) is 24.0 Å². The fourth-order valence-electron chi connectivity index (χ4n) is 1.07. The SMILES string of the molecule is Cc1ncccc1NS(=O)(=O)CCCO. The molecule has 0 aromatic carbocycles. The Labute approximate surface area is 89.2 Å². The zero-order valence-corrected chi connectivity index (χ0v) is 9.29. The van der Waals surface area contributed by atoms with Crippen LogP contribution >= 0.6 is 0 Å². The molecule has 15 heavy (non-hydrogen) atoms. The highest BCUT2D eigenvalue weighted by Gasteiger charge is 2.10. The standard InChI is InChI=1S/C9H14N2O3S/c1-8-9(4-2-5-10-8)11-15(13,14)7-3-6-12/h2,4-5,11-12H,3,6-7H2,1H3. The lowest BCUT2D eigenvalue weighted by molar-refractivity contribution is 0.295. The Kier molecular flexibility index (Phi) is 4.05. The summed E-state index contributed by atoms with van der Waals surface area (Å²) in [5, 5.41) is 8.55. The van der Waals surface area contributed by atoms with Gasteiger partial charge in [-0.3, -0.25) is 9.71 Å². The highest BCUT2D eigenvalue weighted by molar-refractivity contribution is 7.92. The van der Waals surface area contributed by atoms with Gasteiger partial charge < -0.3 is 5.11 Å². The molecule has 0 aliphatic carbocycles. The van der Waals surface area contributed by atoms with Gasteiger partial charge in [0.05, 0.1) is 17.1 Å². The number of rotatable bonds is 5. The first-order valence-electron chi connectivity index (χ1n) is 4.58. The van der Waals surface area contributed by atoms with Gasteiger partial charge in [0.1, 0.15) is 0 Å². The van der Waals surface area contributed by atoms with Gasteiger partial charge in [-0.05, 0) is 25.5 Å². The Balaban J connectivity index is 2.74. The second-order valence-electron chi connectivity index (χ2n) is 3.13. The summed E-state index contributed by atoms with van der Waals surface area (Å²) in [6, 6.07) is 3.32. The number of aromatic nitrogens is 1. The van der Waals surface area contributed by atoms with E-state index in [0.717, 1.165) is 0 Å². The number of nitrogens with one attached hydrogen (secondary N) is 1. The van der Waals surface area contributed by atoms with E-state index in [1.807, 2.05) is 0 Å². The Hall–Kier alpha value is -1.14. The Morgan fingerprint density at radius 3 is 2.87 bits per heavy atom. The van der Waals surface area contributed by atoms with Crippen LogP contribution in [0.4, 0.5) is 5.69 Å². The molecule has 84 valence electrons. The number of anilines is 1. The van der Waals surface area contributed by atoms with Crippen LogP contribution in [0.15, 0.2) is 18.3 Å². The molecule has 0 amide bonds. The minimum atomic E-state index is -3.37. The molecule has 0 radical (unpaired) electrons. The van der Waals surface area contributed by atoms with Crippen LogP contribution in [0.3, 0.4) is 0 Å². The number of sulfonamides is 1. The molecule has 0 aliphatic heterocycles. The predicted octanol–water partition coefficient (Wildman–Crippen LogP) is 0.514. The highest BCUT2D eigenvalue weighted by atomic mass is 32.2. The lowest BCUT2D eigenvalue weighted by Crippen LogP contribution is -2.18. The van der Waals surface area contributed by atoms with E-state index in [4.69, 9.17) is 5.11 Å². The van der Waals surface area contributed by atoms with Gasteiger partial charge >= 0.3 is 0 Å². The third-order valence-electron chi connectivity index (χ3n) is 1.84. The van der Waals surface area contributed by atoms with Gasteiger partial charge in [-0.15, -0.1) is 0 Å². The molecular formula is C9H14N2O3S. The minimum absolute atomic E-state index is 0.0855. The lowest BCUT2D eigenvalue weighted by atomic mass is 10.3. The molecule has 2 N–H and O–H groups in total. The first kappa shape index (κ1) is 11.9. The van der Waals surface area contributed by atoms with Crippen molar-refractivity contribution in [1.29, 1.82) is 0 Å². The van der Waals surface area contributed by atoms with Crippen LogP contribution in [0.2, 0.25) is 0 Å². The monoisotopic (exact) mass is 230 g/mol. The summed E-state index contributed by atoms with van der Waals surface area (Å²) in [7, 11) is -3.37. The summed E-state index contributed by atoms with van der Waals surface area (Å²) >= 11 is 0. The molecule has 1 aromatic heterocycles. The van der Waals surface area contributed by atoms with Crippen molar-refractivity contribution in [3.63, 3.8) is 0 Å². The highest BCUT2D eigenvalue weighted by Crippen LogP contribution is 2.12. The molecule has 0 unspecified atom stereocenters. The molecule has 0 atom stereocenters. The Morgan fingerprint density at radius 2 is 2.27 bits per heavy atom. The zero-order valence-electron chi connectivity index (χ0n) is 8.47. The van der Waals surface area contributed by atoms with E-state index in [1.54, 1.807) is 25.3 Å². The fraction of sp³-hybridized carbons (Fsp3) is 0.444. The minimum Gasteiger partial charge on any atom is -0.396 e. The molecule has 1 rings (SSSR count). The molecule has 0 saturated carbocycles. The van der Waals surface area contributed by atoms with Crippen molar-refractivity contribution < 1.29 is 13.5 Å². The van der Waals surface area contributed by atoms with E-state index in [0.29, 0.717) is 11.4 Å². The van der Waals surface area contributed by atoms with Crippen molar-refractivity contribution in [3.8, 4) is 0 Å². The van der Waals surface area contributed by atoms with E-state index in [2.05, 4.69) is 9.71 Å². The van der Waals surface area contributed by atoms with Crippen LogP contribution < -0.4 is 4.72 Å². The molecule has 5 nitrogen and oxygen atoms in total. The molecule has 0 bridgehead atoms. The van der Waals surface area contributed by atoms with Crippen LogP contribution in [-0.2, 0) is 10.0 Å². The molecular weight excluding hydrogens is 216 g/mol. The number of aryl methyl sites for hydroxylation is 1. The summed E-state index contributed by atoms with van der Waals surface area (Å²) < 4.78 is 25.3. The lowest BCUT2D eigenvalue weighted by Gasteiger charge is -2.08. The molecule has 0 fully saturated rings. The maximum absolute atomic E-state index is 11.5. The van der Waals surface area contributed by atoms with Crippen LogP contribution in [0, 0.1) is 6.92 Å². The van der Waals surface area contributed by atoms with Crippen molar-refractivity contribution in [1.82, 2.24) is 4.98 Å². The zero-order chi connectivity index (χ0) is 11.3. The van der Waals surface area contributed by atoms with Crippen molar-refractivity contribution >= 4 is 15.7 Å². The first-order chi connectivity index (χ1) is 7.05. The summed E-state index contributed by atoms with van der Waals surface area (Å²) in [5.41, 5.74) is 1.11. The number of aliphatic hydroxyl groups excluding tert-OH is 1. The average Bonchev–Trinajstić information content (AvgIpc) is 2.18. The van der Waals surface area contributed by atoms with Crippen LogP contribution in [0.5, 0.6) is 0 Å². The van der Waals surface area contributed by atoms with Gasteiger partial charge in [0.15, 0.2) is 0 Å². The second kappa shape index (κ2) is 5.09.